The zero-order chi connectivity index (χ0) is 22.9. The molecule has 0 bridgehead atoms. The van der Waals surface area contributed by atoms with E-state index in [0.717, 1.165) is 4.13 Å². The van der Waals surface area contributed by atoms with Gasteiger partial charge in [0, 0.05) is 18.6 Å². The number of aryl methyl sites for hydroxylation is 2. The van der Waals surface area contributed by atoms with Crippen molar-refractivity contribution in [2.75, 3.05) is 0 Å². The maximum atomic E-state index is 11.4. The molecule has 0 radical (unpaired) electrons. The Labute approximate surface area is 166 Å². The molecule has 0 unspecified atom stereocenters. The number of halogens is 6. The van der Waals surface area contributed by atoms with E-state index in [1.165, 1.54) is 44.2 Å². The summed E-state index contributed by atoms with van der Waals surface area (Å²) >= 11 is 0. The van der Waals surface area contributed by atoms with Gasteiger partial charge in [0.15, 0.2) is 32.4 Å². The first-order chi connectivity index (χ1) is 13.0. The van der Waals surface area contributed by atoms with Crippen molar-refractivity contribution in [2.24, 2.45) is 0 Å². The fourth-order valence-corrected chi connectivity index (χ4v) is 3.50. The number of alkyl halides is 6. The minimum Gasteiger partial charge on any atom is -0.421 e. The van der Waals surface area contributed by atoms with Gasteiger partial charge >= 0.3 is 11.0 Å². The molecule has 0 fully saturated rings. The standard InChI is InChI=1S/C13H22N.C2F6NO4S2/c1-3-4-5-6-7-10-14-11-8-13(2)9-12-14;3-1(4,5)14(10,11)9-15(12,13)2(6,7)8/h8-9,11-12H,3-7,10H2,1-2H3;/q+1;-1. The van der Waals surface area contributed by atoms with E-state index in [0.29, 0.717) is 0 Å². The van der Waals surface area contributed by atoms with Gasteiger partial charge < -0.3 is 4.13 Å². The molecule has 1 heterocycles. The summed E-state index contributed by atoms with van der Waals surface area (Å²) in [5, 5.41) is 0. The molecule has 0 saturated carbocycles. The van der Waals surface area contributed by atoms with Crippen LogP contribution in [-0.4, -0.2) is 27.9 Å². The molecule has 0 aliphatic heterocycles. The van der Waals surface area contributed by atoms with Crippen molar-refractivity contribution in [3.8, 4) is 0 Å². The molecule has 6 nitrogen and oxygen atoms in total. The van der Waals surface area contributed by atoms with Crippen LogP contribution in [0.1, 0.15) is 44.6 Å². The first-order valence-corrected chi connectivity index (χ1v) is 11.2. The molecular weight excluding hydrogens is 450 g/mol. The van der Waals surface area contributed by atoms with Gasteiger partial charge in [0.25, 0.3) is 0 Å². The third kappa shape index (κ3) is 10.3. The number of unbranched alkanes of at least 4 members (excludes halogenated alkanes) is 4. The van der Waals surface area contributed by atoms with Gasteiger partial charge in [0.1, 0.15) is 6.54 Å². The van der Waals surface area contributed by atoms with Gasteiger partial charge in [-0.1, -0.05) is 26.2 Å². The first-order valence-electron chi connectivity index (χ1n) is 8.36. The summed E-state index contributed by atoms with van der Waals surface area (Å²) in [4.78, 5) is 0. The Hall–Kier alpha value is -1.41. The van der Waals surface area contributed by atoms with E-state index in [4.69, 9.17) is 0 Å². The van der Waals surface area contributed by atoms with Gasteiger partial charge in [-0.05, 0) is 18.9 Å². The van der Waals surface area contributed by atoms with E-state index in [1.54, 1.807) is 0 Å². The summed E-state index contributed by atoms with van der Waals surface area (Å²) in [7, 11) is -13.4. The minimum atomic E-state index is -6.72. The number of pyridine rings is 1. The van der Waals surface area contributed by atoms with Crippen LogP contribution in [0, 0.1) is 6.92 Å². The molecule has 0 amide bonds. The fourth-order valence-electron chi connectivity index (χ4n) is 1.79. The second-order valence-corrected chi connectivity index (χ2v) is 9.37. The van der Waals surface area contributed by atoms with Gasteiger partial charge in [0.2, 0.25) is 0 Å². The summed E-state index contributed by atoms with van der Waals surface area (Å²) in [5.41, 5.74) is -11.1. The lowest BCUT2D eigenvalue weighted by atomic mass is 10.1. The number of rotatable bonds is 8. The Balaban J connectivity index is 0.000000541. The Bertz CT molecular complexity index is 778. The van der Waals surface area contributed by atoms with Crippen LogP contribution in [-0.2, 0) is 26.6 Å². The predicted octanol–water partition coefficient (Wildman–Crippen LogP) is 4.31. The highest BCUT2D eigenvalue weighted by Gasteiger charge is 2.46. The quantitative estimate of drug-likeness (QED) is 0.321. The van der Waals surface area contributed by atoms with E-state index in [2.05, 4.69) is 42.9 Å². The highest BCUT2D eigenvalue weighted by molar-refractivity contribution is 8.13. The average molecular weight is 472 g/mol. The SMILES string of the molecule is CCCCCCC[n+]1ccc(C)cc1.O=S(=O)([N-]S(=O)(=O)C(F)(F)F)C(F)(F)F. The molecule has 1 rings (SSSR count). The predicted molar refractivity (Wildman–Crippen MR) is 93.4 cm³/mol. The van der Waals surface area contributed by atoms with E-state index in [9.17, 15) is 43.2 Å². The molecule has 29 heavy (non-hydrogen) atoms. The Kier molecular flexibility index (Phi) is 10.6. The molecule has 170 valence electrons. The third-order valence-electron chi connectivity index (χ3n) is 3.36. The average Bonchev–Trinajstić information content (AvgIpc) is 2.54. The molecule has 0 N–H and O–H groups in total. The van der Waals surface area contributed by atoms with E-state index >= 15 is 0 Å². The normalized spacial score (nSPS) is 13.0. The first kappa shape index (κ1) is 27.6. The molecule has 1 aromatic heterocycles. The van der Waals surface area contributed by atoms with E-state index < -0.39 is 31.1 Å². The molecule has 0 saturated heterocycles. The number of hydrogen-bond acceptors (Lipinski definition) is 4. The smallest absolute Gasteiger partial charge is 0.421 e. The van der Waals surface area contributed by atoms with Crippen molar-refractivity contribution in [3.63, 3.8) is 0 Å². The van der Waals surface area contributed by atoms with Crippen LogP contribution in [0.4, 0.5) is 26.3 Å². The van der Waals surface area contributed by atoms with Crippen molar-refractivity contribution < 1.29 is 47.7 Å². The molecule has 0 spiro atoms. The summed E-state index contributed by atoms with van der Waals surface area (Å²) in [6.07, 6.45) is 11.1. The highest BCUT2D eigenvalue weighted by atomic mass is 32.3. The van der Waals surface area contributed by atoms with Crippen molar-refractivity contribution in [1.82, 2.24) is 0 Å². The largest absolute Gasteiger partial charge is 0.480 e. The number of hydrogen-bond donors (Lipinski definition) is 0. The summed E-state index contributed by atoms with van der Waals surface area (Å²) in [6, 6.07) is 4.35. The molecular formula is C15H22F6N2O4S2. The summed E-state index contributed by atoms with van der Waals surface area (Å²) < 4.78 is 111. The monoisotopic (exact) mass is 472 g/mol. The highest BCUT2D eigenvalue weighted by Crippen LogP contribution is 2.36. The Morgan fingerprint density at radius 1 is 0.828 bits per heavy atom. The molecule has 0 aliphatic rings. The van der Waals surface area contributed by atoms with E-state index in [1.807, 2.05) is 0 Å². The van der Waals surface area contributed by atoms with Gasteiger partial charge in [0.05, 0.1) is 0 Å². The summed E-state index contributed by atoms with van der Waals surface area (Å²) in [5.74, 6) is 0. The van der Waals surface area contributed by atoms with Gasteiger partial charge in [-0.3, -0.25) is 0 Å². The lowest BCUT2D eigenvalue weighted by Crippen LogP contribution is -2.32. The molecule has 1 aromatic rings. The maximum Gasteiger partial charge on any atom is 0.480 e. The number of nitrogens with zero attached hydrogens (tertiary/aromatic N) is 2. The van der Waals surface area contributed by atoms with Crippen LogP contribution < -0.4 is 4.57 Å². The van der Waals surface area contributed by atoms with E-state index in [-0.39, 0.29) is 0 Å². The Morgan fingerprint density at radius 2 is 1.24 bits per heavy atom. The Morgan fingerprint density at radius 3 is 1.62 bits per heavy atom. The van der Waals surface area contributed by atoms with Crippen molar-refractivity contribution in [2.45, 2.75) is 63.5 Å². The molecule has 0 atom stereocenters. The van der Waals surface area contributed by atoms with Crippen molar-refractivity contribution in [3.05, 3.63) is 34.2 Å². The fraction of sp³-hybridized carbons (Fsp3) is 0.667. The van der Waals surface area contributed by atoms with Crippen LogP contribution in [0.2, 0.25) is 0 Å². The van der Waals surface area contributed by atoms with Gasteiger partial charge in [-0.2, -0.15) is 26.3 Å². The van der Waals surface area contributed by atoms with Crippen molar-refractivity contribution in [1.29, 1.82) is 0 Å². The minimum absolute atomic E-state index is 0.778. The topological polar surface area (TPSA) is 86.3 Å². The maximum absolute atomic E-state index is 11.4. The van der Waals surface area contributed by atoms with Crippen LogP contribution in [0.5, 0.6) is 0 Å². The number of aromatic nitrogens is 1. The third-order valence-corrected chi connectivity index (χ3v) is 6.10. The van der Waals surface area contributed by atoms with Gasteiger partial charge in [-0.15, -0.1) is 0 Å². The zero-order valence-corrected chi connectivity index (χ0v) is 17.3. The summed E-state index contributed by atoms with van der Waals surface area (Å²) in [6.45, 7) is 5.56. The second-order valence-electron chi connectivity index (χ2n) is 5.94. The van der Waals surface area contributed by atoms with Crippen LogP contribution in [0.25, 0.3) is 4.13 Å². The van der Waals surface area contributed by atoms with Crippen LogP contribution >= 0.6 is 0 Å². The van der Waals surface area contributed by atoms with Crippen molar-refractivity contribution >= 4 is 20.0 Å². The molecule has 14 heteroatoms. The van der Waals surface area contributed by atoms with Gasteiger partial charge in [-0.25, -0.2) is 21.4 Å². The zero-order valence-electron chi connectivity index (χ0n) is 15.7. The second kappa shape index (κ2) is 11.1. The molecule has 0 aliphatic carbocycles. The number of sulfonamides is 2. The lowest BCUT2D eigenvalue weighted by molar-refractivity contribution is -0.697. The lowest BCUT2D eigenvalue weighted by Gasteiger charge is -2.22. The van der Waals surface area contributed by atoms with Crippen LogP contribution in [0.15, 0.2) is 24.5 Å². The van der Waals surface area contributed by atoms with Crippen LogP contribution in [0.3, 0.4) is 0 Å². The molecule has 0 aromatic carbocycles.